The molecule has 0 aliphatic heterocycles. The highest BCUT2D eigenvalue weighted by molar-refractivity contribution is 4.96. The van der Waals surface area contributed by atoms with E-state index in [1.165, 1.54) is 103 Å². The second-order valence-electron chi connectivity index (χ2n) is 12.2. The molecule has 4 aliphatic carbocycles. The molecule has 4 rings (SSSR count). The van der Waals surface area contributed by atoms with Crippen LogP contribution in [0, 0.1) is 35.5 Å². The van der Waals surface area contributed by atoms with Crippen LogP contribution in [0.15, 0.2) is 0 Å². The van der Waals surface area contributed by atoms with Crippen LogP contribution in [-0.4, -0.2) is 52.9 Å². The van der Waals surface area contributed by atoms with Crippen LogP contribution in [0.5, 0.6) is 0 Å². The van der Waals surface area contributed by atoms with E-state index in [2.05, 4.69) is 0 Å². The number of rotatable bonds is 9. The molecular weight excluding hydrogens is 424 g/mol. The molecule has 0 saturated heterocycles. The van der Waals surface area contributed by atoms with Crippen molar-refractivity contribution >= 4 is 0 Å². The van der Waals surface area contributed by atoms with Crippen molar-refractivity contribution < 1.29 is 18.9 Å². The topological polar surface area (TPSA) is 36.9 Å². The van der Waals surface area contributed by atoms with Crippen molar-refractivity contribution in [2.75, 3.05) is 28.4 Å². The van der Waals surface area contributed by atoms with Crippen LogP contribution in [-0.2, 0) is 18.9 Å². The van der Waals surface area contributed by atoms with Gasteiger partial charge < -0.3 is 18.9 Å². The third-order valence-electron chi connectivity index (χ3n) is 10.8. The maximum Gasteiger partial charge on any atom is 0.0571 e. The van der Waals surface area contributed by atoms with Gasteiger partial charge in [-0.1, -0.05) is 0 Å². The second kappa shape index (κ2) is 13.4. The highest BCUT2D eigenvalue weighted by Gasteiger charge is 2.46. The lowest BCUT2D eigenvalue weighted by Crippen LogP contribution is -2.44. The minimum absolute atomic E-state index is 0.494. The quantitative estimate of drug-likeness (QED) is 0.356. The molecule has 4 fully saturated rings. The molecule has 0 radical (unpaired) electrons. The van der Waals surface area contributed by atoms with Crippen molar-refractivity contribution in [1.82, 2.24) is 0 Å². The molecule has 0 atom stereocenters. The fraction of sp³-hybridized carbons (Fsp3) is 1.00. The summed E-state index contributed by atoms with van der Waals surface area (Å²) in [5.41, 5.74) is 0. The molecule has 4 aliphatic rings. The predicted octanol–water partition coefficient (Wildman–Crippen LogP) is 7.04. The molecule has 4 nitrogen and oxygen atoms in total. The second-order valence-corrected chi connectivity index (χ2v) is 12.2. The minimum atomic E-state index is 0.494. The zero-order valence-electron chi connectivity index (χ0n) is 22.7. The fourth-order valence-corrected chi connectivity index (χ4v) is 8.86. The van der Waals surface area contributed by atoms with Crippen molar-refractivity contribution in [3.05, 3.63) is 0 Å². The van der Waals surface area contributed by atoms with Gasteiger partial charge in [-0.2, -0.15) is 0 Å². The first-order valence-corrected chi connectivity index (χ1v) is 14.8. The Labute approximate surface area is 210 Å². The molecule has 0 N–H and O–H groups in total. The van der Waals surface area contributed by atoms with Crippen molar-refractivity contribution in [2.24, 2.45) is 35.5 Å². The molecule has 4 heteroatoms. The van der Waals surface area contributed by atoms with E-state index < -0.39 is 0 Å². The average molecular weight is 479 g/mol. The third kappa shape index (κ3) is 6.58. The van der Waals surface area contributed by atoms with E-state index in [9.17, 15) is 0 Å². The molecule has 4 saturated carbocycles. The van der Waals surface area contributed by atoms with Crippen molar-refractivity contribution in [1.29, 1.82) is 0 Å². The van der Waals surface area contributed by atoms with Crippen LogP contribution in [0.4, 0.5) is 0 Å². The Balaban J connectivity index is 1.57. The SMILES string of the molecule is COC1CCC(C(C2CCC(OC)CC2)C(C2CCC(OC)CC2)C2CCC(OC)CC2)CC1. The highest BCUT2D eigenvalue weighted by atomic mass is 16.5. The van der Waals surface area contributed by atoms with Crippen molar-refractivity contribution in [3.63, 3.8) is 0 Å². The molecular formula is C30H54O4. The Morgan fingerprint density at radius 2 is 0.500 bits per heavy atom. The van der Waals surface area contributed by atoms with Crippen LogP contribution in [0.25, 0.3) is 0 Å². The summed E-state index contributed by atoms with van der Waals surface area (Å²) < 4.78 is 23.2. The van der Waals surface area contributed by atoms with E-state index in [1.54, 1.807) is 0 Å². The number of hydrogen-bond donors (Lipinski definition) is 0. The van der Waals surface area contributed by atoms with Crippen LogP contribution in [0.1, 0.15) is 103 Å². The minimum Gasteiger partial charge on any atom is -0.381 e. The summed E-state index contributed by atoms with van der Waals surface area (Å²) in [6.45, 7) is 0. The van der Waals surface area contributed by atoms with Gasteiger partial charge in [0.15, 0.2) is 0 Å². The molecule has 0 aromatic carbocycles. The summed E-state index contributed by atoms with van der Waals surface area (Å²) in [7, 11) is 7.67. The fourth-order valence-electron chi connectivity index (χ4n) is 8.86. The summed E-state index contributed by atoms with van der Waals surface area (Å²) in [5.74, 6) is 5.34. The van der Waals surface area contributed by atoms with Crippen LogP contribution in [0.3, 0.4) is 0 Å². The van der Waals surface area contributed by atoms with E-state index in [1.807, 2.05) is 28.4 Å². The molecule has 0 unspecified atom stereocenters. The van der Waals surface area contributed by atoms with Crippen LogP contribution in [0.2, 0.25) is 0 Å². The summed E-state index contributed by atoms with van der Waals surface area (Å²) in [6.07, 6.45) is 23.2. The zero-order valence-corrected chi connectivity index (χ0v) is 22.7. The van der Waals surface area contributed by atoms with Gasteiger partial charge in [0.2, 0.25) is 0 Å². The van der Waals surface area contributed by atoms with Gasteiger partial charge in [0.1, 0.15) is 0 Å². The van der Waals surface area contributed by atoms with Gasteiger partial charge in [-0.3, -0.25) is 0 Å². The first-order valence-electron chi connectivity index (χ1n) is 14.8. The molecule has 0 aromatic rings. The molecule has 198 valence electrons. The molecule has 0 aromatic heterocycles. The zero-order chi connectivity index (χ0) is 23.9. The van der Waals surface area contributed by atoms with E-state index in [0.29, 0.717) is 24.4 Å². The smallest absolute Gasteiger partial charge is 0.0571 e. The highest BCUT2D eigenvalue weighted by Crippen LogP contribution is 2.53. The normalized spacial score (nSPS) is 41.6. The lowest BCUT2D eigenvalue weighted by Gasteiger charge is -2.51. The van der Waals surface area contributed by atoms with Crippen molar-refractivity contribution in [3.8, 4) is 0 Å². The predicted molar refractivity (Wildman–Crippen MR) is 138 cm³/mol. The maximum absolute atomic E-state index is 5.79. The van der Waals surface area contributed by atoms with E-state index >= 15 is 0 Å². The molecule has 0 bridgehead atoms. The van der Waals surface area contributed by atoms with Gasteiger partial charge in [0, 0.05) is 28.4 Å². The summed E-state index contributed by atoms with van der Waals surface area (Å²) >= 11 is 0. The van der Waals surface area contributed by atoms with Gasteiger partial charge in [-0.05, 0) is 138 Å². The Morgan fingerprint density at radius 3 is 0.647 bits per heavy atom. The van der Waals surface area contributed by atoms with E-state index in [4.69, 9.17) is 18.9 Å². The van der Waals surface area contributed by atoms with E-state index in [0.717, 1.165) is 35.5 Å². The lowest BCUT2D eigenvalue weighted by molar-refractivity contribution is -0.0538. The molecule has 34 heavy (non-hydrogen) atoms. The van der Waals surface area contributed by atoms with Gasteiger partial charge in [-0.15, -0.1) is 0 Å². The lowest BCUT2D eigenvalue weighted by atomic mass is 9.55. The molecule has 0 spiro atoms. The maximum atomic E-state index is 5.79. The summed E-state index contributed by atoms with van der Waals surface area (Å²) in [5, 5.41) is 0. The molecule has 0 heterocycles. The standard InChI is InChI=1S/C30H54O4/c1-31-25-13-5-21(6-14-25)29(22-7-15-26(32-2)16-8-22)30(23-9-17-27(33-3)18-10-23)24-11-19-28(34-4)20-12-24/h21-30H,5-20H2,1-4H3. The number of ether oxygens (including phenoxy) is 4. The Kier molecular flexibility index (Phi) is 10.6. The van der Waals surface area contributed by atoms with Gasteiger partial charge in [-0.25, -0.2) is 0 Å². The van der Waals surface area contributed by atoms with Gasteiger partial charge in [0.05, 0.1) is 24.4 Å². The monoisotopic (exact) mass is 478 g/mol. The van der Waals surface area contributed by atoms with Crippen LogP contribution < -0.4 is 0 Å². The van der Waals surface area contributed by atoms with Crippen molar-refractivity contribution in [2.45, 2.75) is 127 Å². The average Bonchev–Trinajstić information content (AvgIpc) is 2.92. The van der Waals surface area contributed by atoms with Crippen LogP contribution >= 0.6 is 0 Å². The van der Waals surface area contributed by atoms with E-state index in [-0.39, 0.29) is 0 Å². The first-order chi connectivity index (χ1) is 16.7. The summed E-state index contributed by atoms with van der Waals surface area (Å²) in [6, 6.07) is 0. The summed E-state index contributed by atoms with van der Waals surface area (Å²) in [4.78, 5) is 0. The number of methoxy groups -OCH3 is 4. The Hall–Kier alpha value is -0.160. The van der Waals surface area contributed by atoms with Gasteiger partial charge in [0.25, 0.3) is 0 Å². The first kappa shape index (κ1) is 26.9. The Bertz CT molecular complexity index is 452. The molecule has 0 amide bonds. The number of hydrogen-bond acceptors (Lipinski definition) is 4. The largest absolute Gasteiger partial charge is 0.381 e. The van der Waals surface area contributed by atoms with Gasteiger partial charge >= 0.3 is 0 Å². The third-order valence-corrected chi connectivity index (χ3v) is 10.8. The Morgan fingerprint density at radius 1 is 0.324 bits per heavy atom.